The molecule has 0 aromatic carbocycles. The van der Waals surface area contributed by atoms with E-state index in [-0.39, 0.29) is 29.1 Å². The van der Waals surface area contributed by atoms with Gasteiger partial charge in [-0.2, -0.15) is 0 Å². The summed E-state index contributed by atoms with van der Waals surface area (Å²) in [6, 6.07) is 0. The zero-order valence-corrected chi connectivity index (χ0v) is 17.5. The predicted octanol–water partition coefficient (Wildman–Crippen LogP) is 4.76. The average Bonchev–Trinajstić information content (AvgIpc) is 2.79. The minimum atomic E-state index is -1.48. The summed E-state index contributed by atoms with van der Waals surface area (Å²) in [6.45, 7) is 10.0. The van der Waals surface area contributed by atoms with Gasteiger partial charge in [0.25, 0.3) is 0 Å². The molecule has 4 aliphatic carbocycles. The van der Waals surface area contributed by atoms with Crippen LogP contribution in [-0.2, 0) is 9.53 Å². The first kappa shape index (κ1) is 19.6. The van der Waals surface area contributed by atoms with Crippen LogP contribution in [0.3, 0.4) is 0 Å². The lowest BCUT2D eigenvalue weighted by Gasteiger charge is -2.64. The van der Waals surface area contributed by atoms with E-state index in [4.69, 9.17) is 4.74 Å². The van der Waals surface area contributed by atoms with Gasteiger partial charge in [-0.1, -0.05) is 19.4 Å². The first-order chi connectivity index (χ1) is 12.5. The van der Waals surface area contributed by atoms with Crippen molar-refractivity contribution in [1.29, 1.82) is 0 Å². The molecule has 0 aromatic heterocycles. The molecule has 4 heteroatoms. The van der Waals surface area contributed by atoms with Gasteiger partial charge in [-0.25, -0.2) is 4.39 Å². The monoisotopic (exact) mass is 378 g/mol. The molecule has 27 heavy (non-hydrogen) atoms. The van der Waals surface area contributed by atoms with E-state index in [1.165, 1.54) is 0 Å². The molecule has 7 atom stereocenters. The number of alkyl halides is 1. The van der Waals surface area contributed by atoms with Crippen LogP contribution in [0.25, 0.3) is 0 Å². The Labute approximate surface area is 162 Å². The highest BCUT2D eigenvalue weighted by atomic mass is 19.1. The van der Waals surface area contributed by atoms with E-state index < -0.39 is 22.8 Å². The number of carbonyl (C=O) groups is 1. The number of hydrogen-bond donors (Lipinski definition) is 1. The van der Waals surface area contributed by atoms with Crippen molar-refractivity contribution in [1.82, 2.24) is 0 Å². The SMILES string of the molecule is CC(C)OC1CC2(C)C(CCC2(C)O)C2CCC3=CC(=O)CCC3(C)C12F. The number of aliphatic hydroxyl groups is 1. The second-order valence-corrected chi connectivity index (χ2v) is 10.6. The third kappa shape index (κ3) is 2.41. The van der Waals surface area contributed by atoms with E-state index in [9.17, 15) is 9.90 Å². The zero-order valence-electron chi connectivity index (χ0n) is 17.5. The summed E-state index contributed by atoms with van der Waals surface area (Å²) in [5, 5.41) is 11.2. The van der Waals surface area contributed by atoms with Crippen LogP contribution in [-0.4, -0.2) is 34.4 Å². The van der Waals surface area contributed by atoms with E-state index in [2.05, 4.69) is 6.92 Å². The molecule has 0 bridgehead atoms. The van der Waals surface area contributed by atoms with E-state index in [1.54, 1.807) is 6.08 Å². The summed E-state index contributed by atoms with van der Waals surface area (Å²) >= 11 is 0. The second-order valence-electron chi connectivity index (χ2n) is 10.6. The van der Waals surface area contributed by atoms with Gasteiger partial charge < -0.3 is 9.84 Å². The normalized spacial score (nSPS) is 52.2. The zero-order chi connectivity index (χ0) is 19.8. The van der Waals surface area contributed by atoms with Crippen molar-refractivity contribution in [3.05, 3.63) is 11.6 Å². The number of rotatable bonds is 2. The van der Waals surface area contributed by atoms with Crippen molar-refractivity contribution in [2.24, 2.45) is 22.7 Å². The van der Waals surface area contributed by atoms with Crippen LogP contribution in [0, 0.1) is 22.7 Å². The maximum atomic E-state index is 17.4. The molecular weight excluding hydrogens is 343 g/mol. The molecule has 3 fully saturated rings. The Hall–Kier alpha value is -0.740. The molecule has 4 rings (SSSR count). The maximum absolute atomic E-state index is 17.4. The first-order valence-corrected chi connectivity index (χ1v) is 10.8. The minimum absolute atomic E-state index is 0.0713. The second kappa shape index (κ2) is 5.89. The van der Waals surface area contributed by atoms with Crippen molar-refractivity contribution in [2.45, 2.75) is 103 Å². The Kier molecular flexibility index (Phi) is 4.27. The van der Waals surface area contributed by atoms with Crippen molar-refractivity contribution in [2.75, 3.05) is 0 Å². The Bertz CT molecular complexity index is 683. The molecule has 4 aliphatic rings. The van der Waals surface area contributed by atoms with Gasteiger partial charge in [0.1, 0.15) is 5.67 Å². The number of hydrogen-bond acceptors (Lipinski definition) is 3. The lowest BCUT2D eigenvalue weighted by Crippen LogP contribution is -2.69. The quantitative estimate of drug-likeness (QED) is 0.753. The van der Waals surface area contributed by atoms with Crippen molar-refractivity contribution in [3.8, 4) is 0 Å². The summed E-state index contributed by atoms with van der Waals surface area (Å²) in [5.74, 6) is 0.181. The largest absolute Gasteiger partial charge is 0.390 e. The summed E-state index contributed by atoms with van der Waals surface area (Å²) in [7, 11) is 0. The number of fused-ring (bicyclic) bond motifs is 5. The standard InChI is InChI=1S/C23H35FO3/c1-14(2)27-19-13-21(4)17(9-11-22(21,5)26)18-7-6-15-12-16(25)8-10-20(15,3)23(18,19)24/h12,14,17-19,26H,6-11,13H2,1-5H3. The van der Waals surface area contributed by atoms with Crippen LogP contribution in [0.4, 0.5) is 4.39 Å². The molecule has 3 saturated carbocycles. The van der Waals surface area contributed by atoms with Crippen LogP contribution in [0.5, 0.6) is 0 Å². The Morgan fingerprint density at radius 1 is 1.15 bits per heavy atom. The van der Waals surface area contributed by atoms with E-state index in [1.807, 2.05) is 27.7 Å². The van der Waals surface area contributed by atoms with Gasteiger partial charge in [-0.3, -0.25) is 4.79 Å². The maximum Gasteiger partial charge on any atom is 0.155 e. The summed E-state index contributed by atoms with van der Waals surface area (Å²) in [4.78, 5) is 12.0. The summed E-state index contributed by atoms with van der Waals surface area (Å²) in [5.41, 5.74) is -2.24. The highest BCUT2D eigenvalue weighted by molar-refractivity contribution is 5.91. The van der Waals surface area contributed by atoms with Crippen LogP contribution in [0.2, 0.25) is 0 Å². The highest BCUT2D eigenvalue weighted by Gasteiger charge is 2.73. The molecule has 152 valence electrons. The van der Waals surface area contributed by atoms with Crippen molar-refractivity contribution in [3.63, 3.8) is 0 Å². The summed E-state index contributed by atoms with van der Waals surface area (Å²) < 4.78 is 23.7. The number of halogens is 1. The topological polar surface area (TPSA) is 46.5 Å². The molecule has 0 saturated heterocycles. The average molecular weight is 379 g/mol. The number of ketones is 1. The molecule has 0 aliphatic heterocycles. The molecule has 0 amide bonds. The molecule has 0 aromatic rings. The first-order valence-electron chi connectivity index (χ1n) is 10.8. The van der Waals surface area contributed by atoms with Gasteiger partial charge in [0.05, 0.1) is 17.8 Å². The van der Waals surface area contributed by atoms with Crippen LogP contribution in [0.1, 0.15) is 79.6 Å². The fraction of sp³-hybridized carbons (Fsp3) is 0.870. The lowest BCUT2D eigenvalue weighted by molar-refractivity contribution is -0.246. The van der Waals surface area contributed by atoms with E-state index in [0.717, 1.165) is 31.3 Å². The van der Waals surface area contributed by atoms with Gasteiger partial charge in [0.2, 0.25) is 0 Å². The van der Waals surface area contributed by atoms with Gasteiger partial charge in [0.15, 0.2) is 5.78 Å². The van der Waals surface area contributed by atoms with Gasteiger partial charge >= 0.3 is 0 Å². The minimum Gasteiger partial charge on any atom is -0.390 e. The predicted molar refractivity (Wildman–Crippen MR) is 103 cm³/mol. The molecule has 0 spiro atoms. The van der Waals surface area contributed by atoms with Gasteiger partial charge in [-0.05, 0) is 71.3 Å². The Morgan fingerprint density at radius 3 is 2.52 bits per heavy atom. The lowest BCUT2D eigenvalue weighted by atomic mass is 9.44. The van der Waals surface area contributed by atoms with Gasteiger partial charge in [-0.15, -0.1) is 0 Å². The third-order valence-electron chi connectivity index (χ3n) is 9.02. The van der Waals surface area contributed by atoms with Crippen LogP contribution in [0.15, 0.2) is 11.6 Å². The number of ether oxygens (including phenoxy) is 1. The third-order valence-corrected chi connectivity index (χ3v) is 9.02. The van der Waals surface area contributed by atoms with E-state index in [0.29, 0.717) is 19.3 Å². The fourth-order valence-electron chi connectivity index (χ4n) is 7.23. The molecule has 0 radical (unpaired) electrons. The molecule has 3 nitrogen and oxygen atoms in total. The Balaban J connectivity index is 1.85. The summed E-state index contributed by atoms with van der Waals surface area (Å²) in [6.07, 6.45) is 5.80. The van der Waals surface area contributed by atoms with E-state index >= 15 is 4.39 Å². The fourth-order valence-corrected chi connectivity index (χ4v) is 7.23. The highest BCUT2D eigenvalue weighted by Crippen LogP contribution is 2.70. The van der Waals surface area contributed by atoms with Crippen LogP contribution >= 0.6 is 0 Å². The van der Waals surface area contributed by atoms with Crippen LogP contribution < -0.4 is 0 Å². The molecule has 1 N–H and O–H groups in total. The van der Waals surface area contributed by atoms with Crippen molar-refractivity contribution >= 4 is 5.78 Å². The van der Waals surface area contributed by atoms with Gasteiger partial charge in [0, 0.05) is 23.2 Å². The Morgan fingerprint density at radius 2 is 1.85 bits per heavy atom. The number of carbonyl (C=O) groups excluding carboxylic acids is 1. The smallest absolute Gasteiger partial charge is 0.155 e. The molecule has 7 unspecified atom stereocenters. The van der Waals surface area contributed by atoms with Crippen molar-refractivity contribution < 1.29 is 19.0 Å². The molecular formula is C23H35FO3. The number of allylic oxidation sites excluding steroid dienone is 1. The molecule has 0 heterocycles.